The van der Waals surface area contributed by atoms with Gasteiger partial charge in [0.2, 0.25) is 0 Å². The molecule has 1 amide bonds. The first-order valence-electron chi connectivity index (χ1n) is 4.91. The Morgan fingerprint density at radius 2 is 2.25 bits per heavy atom. The smallest absolute Gasteiger partial charge is 0.251 e. The van der Waals surface area contributed by atoms with Crippen LogP contribution in [0, 0.1) is 3.57 Å². The van der Waals surface area contributed by atoms with Gasteiger partial charge in [-0.1, -0.05) is 6.07 Å². The summed E-state index contributed by atoms with van der Waals surface area (Å²) in [6.45, 7) is 0.549. The normalized spacial score (nSPS) is 10.1. The van der Waals surface area contributed by atoms with Crippen molar-refractivity contribution in [3.63, 3.8) is 0 Å². The summed E-state index contributed by atoms with van der Waals surface area (Å²) >= 11 is 2.19. The summed E-state index contributed by atoms with van der Waals surface area (Å²) in [5.74, 6) is -0.0419. The molecule has 2 aromatic rings. The van der Waals surface area contributed by atoms with E-state index in [1.54, 1.807) is 0 Å². The quantitative estimate of drug-likeness (QED) is 0.837. The minimum atomic E-state index is -0.0419. The van der Waals surface area contributed by atoms with Gasteiger partial charge in [-0.15, -0.1) is 0 Å². The molecule has 0 radical (unpaired) electrons. The second-order valence-electron chi connectivity index (χ2n) is 3.41. The van der Waals surface area contributed by atoms with Crippen LogP contribution in [0.25, 0.3) is 0 Å². The Bertz CT molecular complexity index is 480. The third kappa shape index (κ3) is 2.85. The molecule has 0 aliphatic heterocycles. The Morgan fingerprint density at radius 1 is 1.38 bits per heavy atom. The van der Waals surface area contributed by atoms with E-state index in [0.717, 1.165) is 9.13 Å². The fourth-order valence-corrected chi connectivity index (χ4v) is 1.93. The second kappa shape index (κ2) is 5.16. The van der Waals surface area contributed by atoms with Crippen LogP contribution in [0.1, 0.15) is 15.9 Å². The summed E-state index contributed by atoms with van der Waals surface area (Å²) in [5.41, 5.74) is 1.77. The van der Waals surface area contributed by atoms with E-state index < -0.39 is 0 Å². The number of hydrogen-bond donors (Lipinski definition) is 2. The highest BCUT2D eigenvalue weighted by molar-refractivity contribution is 14.1. The van der Waals surface area contributed by atoms with Crippen LogP contribution in [0.5, 0.6) is 0 Å². The molecule has 2 N–H and O–H groups in total. The lowest BCUT2D eigenvalue weighted by Crippen LogP contribution is -2.22. The van der Waals surface area contributed by atoms with Gasteiger partial charge in [0.25, 0.3) is 5.91 Å². The first kappa shape index (κ1) is 11.2. The summed E-state index contributed by atoms with van der Waals surface area (Å²) in [4.78, 5) is 14.7. The van der Waals surface area contributed by atoms with Crippen molar-refractivity contribution in [1.29, 1.82) is 0 Å². The topological polar surface area (TPSA) is 44.9 Å². The molecule has 4 heteroatoms. The van der Waals surface area contributed by atoms with Crippen LogP contribution < -0.4 is 5.32 Å². The molecule has 0 fully saturated rings. The minimum Gasteiger partial charge on any atom is -0.367 e. The summed E-state index contributed by atoms with van der Waals surface area (Å²) < 4.78 is 1.06. The molecule has 0 atom stereocenters. The van der Waals surface area contributed by atoms with Gasteiger partial charge in [-0.05, 0) is 52.4 Å². The van der Waals surface area contributed by atoms with Crippen molar-refractivity contribution in [2.24, 2.45) is 0 Å². The maximum absolute atomic E-state index is 11.8. The molecule has 82 valence electrons. The zero-order chi connectivity index (χ0) is 11.4. The number of rotatable bonds is 3. The van der Waals surface area contributed by atoms with E-state index in [-0.39, 0.29) is 5.91 Å². The van der Waals surface area contributed by atoms with Crippen molar-refractivity contribution < 1.29 is 4.79 Å². The van der Waals surface area contributed by atoms with Gasteiger partial charge in [-0.25, -0.2) is 0 Å². The fourth-order valence-electron chi connectivity index (χ4n) is 1.38. The molecule has 1 aromatic carbocycles. The number of H-pyrrole nitrogens is 1. The maximum Gasteiger partial charge on any atom is 0.251 e. The fraction of sp³-hybridized carbons (Fsp3) is 0.0833. The van der Waals surface area contributed by atoms with Crippen LogP contribution in [-0.2, 0) is 6.54 Å². The zero-order valence-electron chi connectivity index (χ0n) is 8.53. The van der Waals surface area contributed by atoms with Crippen molar-refractivity contribution in [3.8, 4) is 0 Å². The minimum absolute atomic E-state index is 0.0419. The van der Waals surface area contributed by atoms with E-state index >= 15 is 0 Å². The van der Waals surface area contributed by atoms with Crippen LogP contribution >= 0.6 is 22.6 Å². The van der Waals surface area contributed by atoms with E-state index in [4.69, 9.17) is 0 Å². The zero-order valence-corrected chi connectivity index (χ0v) is 10.7. The monoisotopic (exact) mass is 326 g/mol. The van der Waals surface area contributed by atoms with Gasteiger partial charge in [0, 0.05) is 28.1 Å². The summed E-state index contributed by atoms with van der Waals surface area (Å²) in [6.07, 6.45) is 3.71. The number of aromatic nitrogens is 1. The number of benzene rings is 1. The van der Waals surface area contributed by atoms with Gasteiger partial charge < -0.3 is 10.3 Å². The molecular formula is C12H11IN2O. The highest BCUT2D eigenvalue weighted by Crippen LogP contribution is 2.07. The van der Waals surface area contributed by atoms with Gasteiger partial charge in [0.15, 0.2) is 0 Å². The van der Waals surface area contributed by atoms with Gasteiger partial charge in [0.05, 0.1) is 0 Å². The Morgan fingerprint density at radius 3 is 2.94 bits per heavy atom. The third-order valence-corrected chi connectivity index (χ3v) is 2.87. The van der Waals surface area contributed by atoms with Gasteiger partial charge >= 0.3 is 0 Å². The number of aromatic amines is 1. The Labute approximate surface area is 107 Å². The Balaban J connectivity index is 1.98. The van der Waals surface area contributed by atoms with Gasteiger partial charge in [-0.3, -0.25) is 4.79 Å². The maximum atomic E-state index is 11.8. The molecule has 0 aliphatic rings. The van der Waals surface area contributed by atoms with Crippen LogP contribution in [0.3, 0.4) is 0 Å². The largest absolute Gasteiger partial charge is 0.367 e. The molecule has 0 unspecified atom stereocenters. The molecule has 1 aromatic heterocycles. The summed E-state index contributed by atoms with van der Waals surface area (Å²) in [5, 5.41) is 2.87. The van der Waals surface area contributed by atoms with Crippen LogP contribution in [-0.4, -0.2) is 10.9 Å². The van der Waals surface area contributed by atoms with Crippen LogP contribution in [0.15, 0.2) is 42.7 Å². The molecule has 16 heavy (non-hydrogen) atoms. The second-order valence-corrected chi connectivity index (χ2v) is 4.66. The molecule has 2 rings (SSSR count). The van der Waals surface area contributed by atoms with E-state index in [2.05, 4.69) is 32.9 Å². The van der Waals surface area contributed by atoms with Crippen molar-refractivity contribution in [3.05, 3.63) is 57.4 Å². The molecule has 0 aliphatic carbocycles. The number of carbonyl (C=O) groups excluding carboxylic acids is 1. The van der Waals surface area contributed by atoms with Gasteiger partial charge in [0.1, 0.15) is 0 Å². The summed E-state index contributed by atoms with van der Waals surface area (Å²) in [7, 11) is 0. The van der Waals surface area contributed by atoms with E-state index in [1.165, 1.54) is 0 Å². The van der Waals surface area contributed by atoms with E-state index in [1.807, 2.05) is 42.7 Å². The SMILES string of the molecule is O=C(NCc1cc[nH]c1)c1cccc(I)c1. The van der Waals surface area contributed by atoms with E-state index in [0.29, 0.717) is 12.1 Å². The Kier molecular flexibility index (Phi) is 3.61. The highest BCUT2D eigenvalue weighted by atomic mass is 127. The third-order valence-electron chi connectivity index (χ3n) is 2.20. The Hall–Kier alpha value is -1.30. The first-order valence-corrected chi connectivity index (χ1v) is 5.99. The molecule has 0 saturated carbocycles. The van der Waals surface area contributed by atoms with Crippen LogP contribution in [0.2, 0.25) is 0 Å². The lowest BCUT2D eigenvalue weighted by Gasteiger charge is -2.03. The number of nitrogens with one attached hydrogen (secondary N) is 2. The molecule has 1 heterocycles. The standard InChI is InChI=1S/C12H11IN2O/c13-11-3-1-2-10(6-11)12(16)15-8-9-4-5-14-7-9/h1-7,14H,8H2,(H,15,16). The van der Waals surface area contributed by atoms with Crippen molar-refractivity contribution in [1.82, 2.24) is 10.3 Å². The average Bonchev–Trinajstić information content (AvgIpc) is 2.78. The summed E-state index contributed by atoms with van der Waals surface area (Å²) in [6, 6.07) is 9.47. The highest BCUT2D eigenvalue weighted by Gasteiger charge is 2.04. The first-order chi connectivity index (χ1) is 7.75. The number of halogens is 1. The van der Waals surface area contributed by atoms with E-state index in [9.17, 15) is 4.79 Å². The van der Waals surface area contributed by atoms with Crippen LogP contribution in [0.4, 0.5) is 0 Å². The van der Waals surface area contributed by atoms with Crippen molar-refractivity contribution in [2.45, 2.75) is 6.54 Å². The molecule has 0 saturated heterocycles. The molecular weight excluding hydrogens is 315 g/mol. The molecule has 3 nitrogen and oxygen atoms in total. The van der Waals surface area contributed by atoms with Crippen molar-refractivity contribution in [2.75, 3.05) is 0 Å². The molecule has 0 bridgehead atoms. The number of carbonyl (C=O) groups is 1. The van der Waals surface area contributed by atoms with Crippen molar-refractivity contribution >= 4 is 28.5 Å². The van der Waals surface area contributed by atoms with Gasteiger partial charge in [-0.2, -0.15) is 0 Å². The predicted molar refractivity (Wildman–Crippen MR) is 71.1 cm³/mol. The predicted octanol–water partition coefficient (Wildman–Crippen LogP) is 2.55. The lowest BCUT2D eigenvalue weighted by atomic mass is 10.2. The average molecular weight is 326 g/mol. The number of amides is 1. The lowest BCUT2D eigenvalue weighted by molar-refractivity contribution is 0.0951. The molecule has 0 spiro atoms. The number of hydrogen-bond acceptors (Lipinski definition) is 1.